The molecule has 3 N–H and O–H groups in total. The molecule has 96 valence electrons. The van der Waals surface area contributed by atoms with E-state index < -0.39 is 0 Å². The first kappa shape index (κ1) is 13.2. The fraction of sp³-hybridized carbons (Fsp3) is 0.357. The van der Waals surface area contributed by atoms with Crippen LogP contribution in [-0.2, 0) is 13.0 Å². The summed E-state index contributed by atoms with van der Waals surface area (Å²) in [5.41, 5.74) is 6.21. The molecule has 4 heteroatoms. The van der Waals surface area contributed by atoms with E-state index in [1.165, 1.54) is 11.1 Å². The Kier molecular flexibility index (Phi) is 4.47. The van der Waals surface area contributed by atoms with E-state index >= 15 is 0 Å². The lowest BCUT2D eigenvalue weighted by Crippen LogP contribution is -2.20. The Morgan fingerprint density at radius 3 is 2.61 bits per heavy atom. The molecule has 18 heavy (non-hydrogen) atoms. The first-order valence-corrected chi connectivity index (χ1v) is 7.04. The molecule has 1 aromatic heterocycles. The zero-order valence-electron chi connectivity index (χ0n) is 10.8. The van der Waals surface area contributed by atoms with Crippen molar-refractivity contribution in [1.29, 1.82) is 0 Å². The molecule has 0 saturated carbocycles. The van der Waals surface area contributed by atoms with Gasteiger partial charge in [0.2, 0.25) is 0 Å². The first-order valence-electron chi connectivity index (χ1n) is 6.16. The van der Waals surface area contributed by atoms with Crippen LogP contribution in [0.3, 0.4) is 0 Å². The molecule has 2 aromatic rings. The van der Waals surface area contributed by atoms with Gasteiger partial charge < -0.3 is 0 Å². The van der Waals surface area contributed by atoms with Gasteiger partial charge in [-0.1, -0.05) is 38.1 Å². The molecule has 3 nitrogen and oxygen atoms in total. The Morgan fingerprint density at radius 1 is 1.28 bits per heavy atom. The van der Waals surface area contributed by atoms with Gasteiger partial charge in [0.15, 0.2) is 0 Å². The van der Waals surface area contributed by atoms with Crippen LogP contribution in [0.15, 0.2) is 29.6 Å². The summed E-state index contributed by atoms with van der Waals surface area (Å²) in [6.45, 7) is 5.09. The molecule has 1 heterocycles. The molecular formula is C14H19N3S. The Labute approximate surface area is 112 Å². The lowest BCUT2D eigenvalue weighted by Gasteiger charge is -2.05. The molecule has 0 spiro atoms. The Balaban J connectivity index is 2.12. The monoisotopic (exact) mass is 261 g/mol. The Hall–Kier alpha value is -1.23. The maximum atomic E-state index is 5.29. The number of nitrogens with one attached hydrogen (secondary N) is 1. The lowest BCUT2D eigenvalue weighted by atomic mass is 10.0. The maximum absolute atomic E-state index is 5.29. The van der Waals surface area contributed by atoms with Gasteiger partial charge in [0, 0.05) is 10.9 Å². The van der Waals surface area contributed by atoms with Crippen LogP contribution in [-0.4, -0.2) is 4.98 Å². The van der Waals surface area contributed by atoms with Crippen LogP contribution in [0.1, 0.15) is 24.4 Å². The van der Waals surface area contributed by atoms with E-state index in [0.29, 0.717) is 12.5 Å². The van der Waals surface area contributed by atoms with Gasteiger partial charge in [-0.2, -0.15) is 0 Å². The van der Waals surface area contributed by atoms with Gasteiger partial charge in [-0.25, -0.2) is 4.98 Å². The van der Waals surface area contributed by atoms with E-state index in [9.17, 15) is 0 Å². The summed E-state index contributed by atoms with van der Waals surface area (Å²) in [5.74, 6) is 5.98. The molecule has 0 saturated heterocycles. The Bertz CT molecular complexity index is 488. The van der Waals surface area contributed by atoms with Crippen molar-refractivity contribution in [2.45, 2.75) is 26.8 Å². The fourth-order valence-corrected chi connectivity index (χ4v) is 2.65. The summed E-state index contributed by atoms with van der Waals surface area (Å²) in [4.78, 5) is 4.54. The number of nitrogens with zero attached hydrogens (tertiary/aromatic N) is 1. The minimum absolute atomic E-state index is 0.621. The summed E-state index contributed by atoms with van der Waals surface area (Å²) in [6, 6.07) is 8.67. The smallest absolute Gasteiger partial charge is 0.108 e. The van der Waals surface area contributed by atoms with E-state index in [1.54, 1.807) is 11.3 Å². The zero-order valence-corrected chi connectivity index (χ0v) is 11.6. The van der Waals surface area contributed by atoms with Gasteiger partial charge in [-0.05, 0) is 17.9 Å². The number of rotatable bonds is 5. The topological polar surface area (TPSA) is 50.9 Å². The number of nitrogens with two attached hydrogens (primary N) is 1. The van der Waals surface area contributed by atoms with Crippen molar-refractivity contribution in [1.82, 2.24) is 10.4 Å². The average Bonchev–Trinajstić information content (AvgIpc) is 2.78. The standard InChI is InChI=1S/C14H19N3S/c1-10(2)7-11-3-5-12(6-4-11)13-9-18-14(17-13)8-16-15/h3-6,9-10,16H,7-8,15H2,1-2H3. The van der Waals surface area contributed by atoms with E-state index in [2.05, 4.69) is 53.9 Å². The van der Waals surface area contributed by atoms with Crippen LogP contribution in [0, 0.1) is 5.92 Å². The molecule has 2 rings (SSSR count). The second-order valence-corrected chi connectivity index (χ2v) is 5.74. The predicted octanol–water partition coefficient (Wildman–Crippen LogP) is 2.97. The van der Waals surface area contributed by atoms with E-state index in [-0.39, 0.29) is 0 Å². The third-order valence-corrected chi connectivity index (χ3v) is 3.55. The summed E-state index contributed by atoms with van der Waals surface area (Å²) >= 11 is 1.63. The van der Waals surface area contributed by atoms with Crippen LogP contribution in [0.2, 0.25) is 0 Å². The maximum Gasteiger partial charge on any atom is 0.108 e. The molecular weight excluding hydrogens is 242 g/mol. The van der Waals surface area contributed by atoms with Gasteiger partial charge in [0.05, 0.1) is 12.2 Å². The van der Waals surface area contributed by atoms with Crippen molar-refractivity contribution in [2.24, 2.45) is 11.8 Å². The second-order valence-electron chi connectivity index (χ2n) is 4.80. The average molecular weight is 261 g/mol. The molecule has 0 bridgehead atoms. The normalized spacial score (nSPS) is 11.1. The molecule has 0 aliphatic heterocycles. The van der Waals surface area contributed by atoms with Gasteiger partial charge in [-0.15, -0.1) is 11.3 Å². The van der Waals surface area contributed by atoms with Gasteiger partial charge in [0.25, 0.3) is 0 Å². The van der Waals surface area contributed by atoms with Crippen molar-refractivity contribution >= 4 is 11.3 Å². The number of thiazole rings is 1. The van der Waals surface area contributed by atoms with Crippen LogP contribution in [0.25, 0.3) is 11.3 Å². The molecule has 0 fully saturated rings. The van der Waals surface area contributed by atoms with Crippen molar-refractivity contribution < 1.29 is 0 Å². The molecule has 0 aliphatic carbocycles. The molecule has 0 unspecified atom stereocenters. The van der Waals surface area contributed by atoms with Crippen molar-refractivity contribution in [3.63, 3.8) is 0 Å². The molecule has 1 aromatic carbocycles. The van der Waals surface area contributed by atoms with Gasteiger partial charge >= 0.3 is 0 Å². The van der Waals surface area contributed by atoms with Crippen LogP contribution >= 0.6 is 11.3 Å². The number of aromatic nitrogens is 1. The summed E-state index contributed by atoms with van der Waals surface area (Å²) in [6.07, 6.45) is 1.12. The zero-order chi connectivity index (χ0) is 13.0. The third kappa shape index (κ3) is 3.38. The molecule has 0 amide bonds. The van der Waals surface area contributed by atoms with Crippen LogP contribution in [0.5, 0.6) is 0 Å². The molecule has 0 radical (unpaired) electrons. The highest BCUT2D eigenvalue weighted by molar-refractivity contribution is 7.09. The highest BCUT2D eigenvalue weighted by atomic mass is 32.1. The highest BCUT2D eigenvalue weighted by Gasteiger charge is 2.04. The molecule has 0 atom stereocenters. The van der Waals surface area contributed by atoms with Gasteiger partial charge in [0.1, 0.15) is 5.01 Å². The number of hydrazine groups is 1. The minimum atomic E-state index is 0.621. The summed E-state index contributed by atoms with van der Waals surface area (Å²) in [7, 11) is 0. The van der Waals surface area contributed by atoms with E-state index in [1.807, 2.05) is 0 Å². The van der Waals surface area contributed by atoms with Crippen molar-refractivity contribution in [3.8, 4) is 11.3 Å². The Morgan fingerprint density at radius 2 is 2.00 bits per heavy atom. The van der Waals surface area contributed by atoms with E-state index in [0.717, 1.165) is 17.1 Å². The largest absolute Gasteiger partial charge is 0.271 e. The number of benzene rings is 1. The summed E-state index contributed by atoms with van der Waals surface area (Å²) in [5, 5.41) is 3.09. The van der Waals surface area contributed by atoms with Crippen LogP contribution in [0.4, 0.5) is 0 Å². The number of hydrogen-bond donors (Lipinski definition) is 2. The summed E-state index contributed by atoms with van der Waals surface area (Å²) < 4.78 is 0. The second kappa shape index (κ2) is 6.09. The lowest BCUT2D eigenvalue weighted by molar-refractivity contribution is 0.647. The van der Waals surface area contributed by atoms with Gasteiger partial charge in [-0.3, -0.25) is 11.3 Å². The quantitative estimate of drug-likeness (QED) is 0.642. The predicted molar refractivity (Wildman–Crippen MR) is 77.1 cm³/mol. The number of hydrogen-bond acceptors (Lipinski definition) is 4. The third-order valence-electron chi connectivity index (χ3n) is 2.70. The van der Waals surface area contributed by atoms with E-state index in [4.69, 9.17) is 5.84 Å². The first-order chi connectivity index (χ1) is 8.69. The molecule has 0 aliphatic rings. The highest BCUT2D eigenvalue weighted by Crippen LogP contribution is 2.22. The van der Waals surface area contributed by atoms with Crippen molar-refractivity contribution in [3.05, 3.63) is 40.2 Å². The minimum Gasteiger partial charge on any atom is -0.271 e. The van der Waals surface area contributed by atoms with Crippen molar-refractivity contribution in [2.75, 3.05) is 0 Å². The fourth-order valence-electron chi connectivity index (χ4n) is 1.89. The van der Waals surface area contributed by atoms with Crippen LogP contribution < -0.4 is 11.3 Å². The SMILES string of the molecule is CC(C)Cc1ccc(-c2csc(CNN)n2)cc1.